The number of hydrogen-bond donors (Lipinski definition) is 0. The van der Waals surface area contributed by atoms with Crippen molar-refractivity contribution >= 4 is 41.0 Å². The molecule has 1 atom stereocenters. The fraction of sp³-hybridized carbons (Fsp3) is 0.471. The summed E-state index contributed by atoms with van der Waals surface area (Å²) >= 11 is 12.1. The highest BCUT2D eigenvalue weighted by atomic mass is 35.5. The minimum absolute atomic E-state index is 0.111. The Hall–Kier alpha value is -1.79. The number of esters is 1. The molecule has 2 rings (SSSR count). The molecule has 25 heavy (non-hydrogen) atoms. The predicted octanol–water partition coefficient (Wildman–Crippen LogP) is 2.62. The number of nitrogens with zero attached hydrogens (tertiary/aromatic N) is 2. The van der Waals surface area contributed by atoms with E-state index in [0.29, 0.717) is 23.0 Å². The number of methoxy groups -OCH3 is 1. The maximum absolute atomic E-state index is 12.8. The predicted molar refractivity (Wildman–Crippen MR) is 94.8 cm³/mol. The van der Waals surface area contributed by atoms with E-state index in [1.54, 1.807) is 19.2 Å². The summed E-state index contributed by atoms with van der Waals surface area (Å²) in [6, 6.07) is 4.11. The van der Waals surface area contributed by atoms with Gasteiger partial charge >= 0.3 is 5.97 Å². The largest absolute Gasteiger partial charge is 0.469 e. The van der Waals surface area contributed by atoms with Gasteiger partial charge in [-0.05, 0) is 31.0 Å². The van der Waals surface area contributed by atoms with Crippen molar-refractivity contribution in [3.8, 4) is 0 Å². The summed E-state index contributed by atoms with van der Waals surface area (Å²) < 4.78 is 4.58. The van der Waals surface area contributed by atoms with E-state index in [2.05, 4.69) is 4.74 Å². The Kier molecular flexibility index (Phi) is 6.67. The van der Waals surface area contributed by atoms with Gasteiger partial charge in [-0.3, -0.25) is 14.4 Å². The van der Waals surface area contributed by atoms with E-state index in [-0.39, 0.29) is 36.3 Å². The van der Waals surface area contributed by atoms with Gasteiger partial charge in [0.15, 0.2) is 0 Å². The number of ether oxygens (including phenoxy) is 1. The van der Waals surface area contributed by atoms with Gasteiger partial charge in [0.2, 0.25) is 5.91 Å². The molecule has 136 valence electrons. The fourth-order valence-corrected chi connectivity index (χ4v) is 3.18. The summed E-state index contributed by atoms with van der Waals surface area (Å²) in [5.41, 5.74) is 0.283. The zero-order chi connectivity index (χ0) is 18.6. The van der Waals surface area contributed by atoms with Crippen molar-refractivity contribution in [3.63, 3.8) is 0 Å². The lowest BCUT2D eigenvalue weighted by molar-refractivity contribution is -0.142. The van der Waals surface area contributed by atoms with E-state index >= 15 is 0 Å². The molecule has 0 radical (unpaired) electrons. The molecule has 1 aromatic carbocycles. The van der Waals surface area contributed by atoms with Gasteiger partial charge in [0.25, 0.3) is 5.91 Å². The SMILES string of the molecule is COC(=O)CCN(C)C(=O)C1CCCN1C(=O)c1cc(Cl)ccc1Cl. The van der Waals surface area contributed by atoms with Crippen LogP contribution in [0.15, 0.2) is 18.2 Å². The van der Waals surface area contributed by atoms with Crippen molar-refractivity contribution in [1.82, 2.24) is 9.80 Å². The van der Waals surface area contributed by atoms with Crippen LogP contribution in [0.1, 0.15) is 29.6 Å². The molecule has 0 spiro atoms. The van der Waals surface area contributed by atoms with E-state index in [0.717, 1.165) is 6.42 Å². The van der Waals surface area contributed by atoms with Crippen molar-refractivity contribution in [2.24, 2.45) is 0 Å². The van der Waals surface area contributed by atoms with Gasteiger partial charge in [0.1, 0.15) is 6.04 Å². The zero-order valence-corrected chi connectivity index (χ0v) is 15.6. The Morgan fingerprint density at radius 3 is 2.72 bits per heavy atom. The van der Waals surface area contributed by atoms with Crippen LogP contribution in [0.3, 0.4) is 0 Å². The van der Waals surface area contributed by atoms with Crippen molar-refractivity contribution < 1.29 is 19.1 Å². The molecule has 6 nitrogen and oxygen atoms in total. The minimum Gasteiger partial charge on any atom is -0.469 e. The molecule has 8 heteroatoms. The average Bonchev–Trinajstić information content (AvgIpc) is 3.09. The van der Waals surface area contributed by atoms with Gasteiger partial charge in [-0.1, -0.05) is 23.2 Å². The summed E-state index contributed by atoms with van der Waals surface area (Å²) in [6.45, 7) is 0.713. The number of benzene rings is 1. The third kappa shape index (κ3) is 4.64. The standard InChI is InChI=1S/C17H20Cl2N2O4/c1-20(9-7-15(22)25-2)17(24)14-4-3-8-21(14)16(23)12-10-11(18)5-6-13(12)19/h5-6,10,14H,3-4,7-9H2,1-2H3. The van der Waals surface area contributed by atoms with Gasteiger partial charge in [0.05, 0.1) is 24.1 Å². The van der Waals surface area contributed by atoms with Crippen molar-refractivity contribution in [1.29, 1.82) is 0 Å². The molecule has 1 fully saturated rings. The number of rotatable bonds is 5. The van der Waals surface area contributed by atoms with Crippen molar-refractivity contribution in [3.05, 3.63) is 33.8 Å². The first kappa shape index (κ1) is 19.5. The van der Waals surface area contributed by atoms with Crippen molar-refractivity contribution in [2.75, 3.05) is 27.2 Å². The van der Waals surface area contributed by atoms with Crippen LogP contribution in [0.4, 0.5) is 0 Å². The van der Waals surface area contributed by atoms with Crippen LogP contribution in [0.25, 0.3) is 0 Å². The van der Waals surface area contributed by atoms with Crippen molar-refractivity contribution in [2.45, 2.75) is 25.3 Å². The lowest BCUT2D eigenvalue weighted by Crippen LogP contribution is -2.47. The third-order valence-corrected chi connectivity index (χ3v) is 4.78. The molecule has 0 saturated carbocycles. The molecule has 1 aliphatic rings. The molecule has 0 aliphatic carbocycles. The quantitative estimate of drug-likeness (QED) is 0.729. The zero-order valence-electron chi connectivity index (χ0n) is 14.1. The molecule has 1 saturated heterocycles. The molecule has 1 aromatic rings. The van der Waals surface area contributed by atoms with Gasteiger partial charge in [-0.2, -0.15) is 0 Å². The van der Waals surface area contributed by atoms with E-state index in [9.17, 15) is 14.4 Å². The Balaban J connectivity index is 2.11. The first-order valence-electron chi connectivity index (χ1n) is 7.93. The molecule has 0 aromatic heterocycles. The Labute approximate surface area is 156 Å². The molecule has 1 aliphatic heterocycles. The van der Waals surface area contributed by atoms with Crippen LogP contribution in [-0.4, -0.2) is 60.9 Å². The number of likely N-dealkylation sites (N-methyl/N-ethyl adjacent to an activating group) is 1. The highest BCUT2D eigenvalue weighted by Crippen LogP contribution is 2.27. The summed E-state index contributed by atoms with van der Waals surface area (Å²) in [4.78, 5) is 39.7. The molecule has 0 N–H and O–H groups in total. The van der Waals surface area contributed by atoms with E-state index in [1.165, 1.54) is 23.0 Å². The van der Waals surface area contributed by atoms with Gasteiger partial charge in [0, 0.05) is 25.2 Å². The van der Waals surface area contributed by atoms with Gasteiger partial charge in [-0.25, -0.2) is 0 Å². The molecule has 2 amide bonds. The van der Waals surface area contributed by atoms with Crippen LogP contribution >= 0.6 is 23.2 Å². The number of carbonyl (C=O) groups excluding carboxylic acids is 3. The lowest BCUT2D eigenvalue weighted by atomic mass is 10.1. The maximum atomic E-state index is 12.8. The Morgan fingerprint density at radius 2 is 2.04 bits per heavy atom. The third-order valence-electron chi connectivity index (χ3n) is 4.21. The number of hydrogen-bond acceptors (Lipinski definition) is 4. The van der Waals surface area contributed by atoms with Gasteiger partial charge in [-0.15, -0.1) is 0 Å². The number of amides is 2. The Bertz CT molecular complexity index is 681. The van der Waals surface area contributed by atoms with Crippen LogP contribution in [0, 0.1) is 0 Å². The molecule has 1 unspecified atom stereocenters. The highest BCUT2D eigenvalue weighted by molar-refractivity contribution is 6.35. The second-order valence-corrected chi connectivity index (χ2v) is 6.71. The second-order valence-electron chi connectivity index (χ2n) is 5.87. The monoisotopic (exact) mass is 386 g/mol. The number of likely N-dealkylation sites (tertiary alicyclic amines) is 1. The summed E-state index contributed by atoms with van der Waals surface area (Å²) in [7, 11) is 2.91. The first-order chi connectivity index (χ1) is 11.8. The average molecular weight is 387 g/mol. The molecule has 1 heterocycles. The van der Waals surface area contributed by atoms with E-state index in [4.69, 9.17) is 23.2 Å². The summed E-state index contributed by atoms with van der Waals surface area (Å²) in [5, 5.41) is 0.705. The van der Waals surface area contributed by atoms with Crippen LogP contribution in [0.5, 0.6) is 0 Å². The van der Waals surface area contributed by atoms with Gasteiger partial charge < -0.3 is 14.5 Å². The first-order valence-corrected chi connectivity index (χ1v) is 8.68. The molecular weight excluding hydrogens is 367 g/mol. The van der Waals surface area contributed by atoms with Crippen LogP contribution in [0.2, 0.25) is 10.0 Å². The van der Waals surface area contributed by atoms with E-state index in [1.807, 2.05) is 0 Å². The summed E-state index contributed by atoms with van der Waals surface area (Å²) in [5.74, 6) is -0.901. The topological polar surface area (TPSA) is 66.9 Å². The van der Waals surface area contributed by atoms with Crippen LogP contribution in [-0.2, 0) is 14.3 Å². The number of carbonyl (C=O) groups is 3. The molecular formula is C17H20Cl2N2O4. The van der Waals surface area contributed by atoms with E-state index < -0.39 is 6.04 Å². The maximum Gasteiger partial charge on any atom is 0.307 e. The number of halogens is 2. The Morgan fingerprint density at radius 1 is 1.32 bits per heavy atom. The minimum atomic E-state index is -0.565. The smallest absolute Gasteiger partial charge is 0.307 e. The fourth-order valence-electron chi connectivity index (χ4n) is 2.81. The highest BCUT2D eigenvalue weighted by Gasteiger charge is 2.36. The lowest BCUT2D eigenvalue weighted by Gasteiger charge is -2.28. The molecule has 0 bridgehead atoms. The van der Waals surface area contributed by atoms with Crippen LogP contribution < -0.4 is 0 Å². The normalized spacial score (nSPS) is 16.6. The second kappa shape index (κ2) is 8.54. The summed E-state index contributed by atoms with van der Waals surface area (Å²) in [6.07, 6.45) is 1.41.